The zero-order valence-corrected chi connectivity index (χ0v) is 13.0. The van der Waals surface area contributed by atoms with Crippen molar-refractivity contribution in [2.75, 3.05) is 13.1 Å². The van der Waals surface area contributed by atoms with E-state index in [2.05, 4.69) is 0 Å². The van der Waals surface area contributed by atoms with Crippen molar-refractivity contribution in [3.05, 3.63) is 35.1 Å². The zero-order valence-electron chi connectivity index (χ0n) is 13.0. The molecule has 21 heavy (non-hydrogen) atoms. The fourth-order valence-corrected chi connectivity index (χ4v) is 2.56. The first-order valence-corrected chi connectivity index (χ1v) is 7.17. The standard InChI is InChI=1S/C16H23FN2O2/c1-10-7-11(5-6-13(10)17)12-8-19(9-14(12)18)15(20)21-16(2,3)4/h5-7,12,14H,8-9,18H2,1-4H3/t12-,14+/m1/s1. The summed E-state index contributed by atoms with van der Waals surface area (Å²) in [6.45, 7) is 8.19. The van der Waals surface area contributed by atoms with Gasteiger partial charge in [-0.05, 0) is 44.9 Å². The molecular formula is C16H23FN2O2. The Bertz CT molecular complexity index is 540. The first-order chi connectivity index (χ1) is 9.67. The van der Waals surface area contributed by atoms with E-state index in [9.17, 15) is 9.18 Å². The molecule has 0 bridgehead atoms. The second-order valence-corrected chi connectivity index (χ2v) is 6.66. The number of halogens is 1. The minimum absolute atomic E-state index is 0.0109. The normalized spacial score (nSPS) is 22.5. The van der Waals surface area contributed by atoms with E-state index < -0.39 is 5.60 Å². The van der Waals surface area contributed by atoms with Crippen LogP contribution < -0.4 is 5.73 Å². The number of carbonyl (C=O) groups is 1. The molecule has 0 radical (unpaired) electrons. The Morgan fingerprint density at radius 1 is 1.38 bits per heavy atom. The first-order valence-electron chi connectivity index (χ1n) is 7.17. The Hall–Kier alpha value is -1.62. The summed E-state index contributed by atoms with van der Waals surface area (Å²) in [5.41, 5.74) is 7.18. The van der Waals surface area contributed by atoms with Gasteiger partial charge < -0.3 is 15.4 Å². The molecule has 1 aromatic rings. The number of aryl methyl sites for hydroxylation is 1. The van der Waals surface area contributed by atoms with Crippen molar-refractivity contribution in [1.82, 2.24) is 4.90 Å². The summed E-state index contributed by atoms with van der Waals surface area (Å²) in [6, 6.07) is 4.83. The van der Waals surface area contributed by atoms with Crippen molar-refractivity contribution in [2.24, 2.45) is 5.73 Å². The summed E-state index contributed by atoms with van der Waals surface area (Å²) >= 11 is 0. The van der Waals surface area contributed by atoms with E-state index in [1.54, 1.807) is 24.0 Å². The molecule has 0 aliphatic carbocycles. The Morgan fingerprint density at radius 2 is 2.05 bits per heavy atom. The lowest BCUT2D eigenvalue weighted by atomic mass is 9.93. The fourth-order valence-electron chi connectivity index (χ4n) is 2.56. The van der Waals surface area contributed by atoms with Crippen molar-refractivity contribution < 1.29 is 13.9 Å². The van der Waals surface area contributed by atoms with Crippen molar-refractivity contribution >= 4 is 6.09 Å². The van der Waals surface area contributed by atoms with Gasteiger partial charge in [0.05, 0.1) is 0 Å². The summed E-state index contributed by atoms with van der Waals surface area (Å²) in [4.78, 5) is 13.7. The highest BCUT2D eigenvalue weighted by atomic mass is 19.1. The minimum Gasteiger partial charge on any atom is -0.444 e. The van der Waals surface area contributed by atoms with Gasteiger partial charge in [0.15, 0.2) is 0 Å². The summed E-state index contributed by atoms with van der Waals surface area (Å²) in [7, 11) is 0. The Balaban J connectivity index is 2.10. The molecular weight excluding hydrogens is 271 g/mol. The van der Waals surface area contributed by atoms with Crippen LogP contribution in [0.1, 0.15) is 37.8 Å². The number of nitrogens with two attached hydrogens (primary N) is 1. The van der Waals surface area contributed by atoms with E-state index in [4.69, 9.17) is 10.5 Å². The molecule has 0 spiro atoms. The van der Waals surface area contributed by atoms with Crippen LogP contribution in [0.15, 0.2) is 18.2 Å². The smallest absolute Gasteiger partial charge is 0.410 e. The highest BCUT2D eigenvalue weighted by Crippen LogP contribution is 2.28. The SMILES string of the molecule is Cc1cc([C@H]2CN(C(=O)OC(C)(C)C)C[C@@H]2N)ccc1F. The largest absolute Gasteiger partial charge is 0.444 e. The van der Waals surface area contributed by atoms with Crippen molar-refractivity contribution in [3.8, 4) is 0 Å². The van der Waals surface area contributed by atoms with E-state index in [1.807, 2.05) is 20.8 Å². The third-order valence-corrected chi connectivity index (χ3v) is 3.63. The molecule has 5 heteroatoms. The average Bonchev–Trinajstić information content (AvgIpc) is 2.73. The van der Waals surface area contributed by atoms with Gasteiger partial charge in [0.2, 0.25) is 0 Å². The van der Waals surface area contributed by atoms with E-state index in [-0.39, 0.29) is 23.9 Å². The molecule has 2 rings (SSSR count). The number of benzene rings is 1. The molecule has 4 nitrogen and oxygen atoms in total. The quantitative estimate of drug-likeness (QED) is 0.866. The maximum atomic E-state index is 13.4. The second-order valence-electron chi connectivity index (χ2n) is 6.66. The van der Waals surface area contributed by atoms with Crippen LogP contribution in [-0.2, 0) is 4.74 Å². The third-order valence-electron chi connectivity index (χ3n) is 3.63. The summed E-state index contributed by atoms with van der Waals surface area (Å²) in [5.74, 6) is -0.217. The van der Waals surface area contributed by atoms with Crippen LogP contribution in [-0.4, -0.2) is 35.7 Å². The number of hydrogen-bond acceptors (Lipinski definition) is 3. The van der Waals surface area contributed by atoms with Crippen LogP contribution in [0.2, 0.25) is 0 Å². The third kappa shape index (κ3) is 3.73. The number of likely N-dealkylation sites (tertiary alicyclic amines) is 1. The molecule has 2 atom stereocenters. The first kappa shape index (κ1) is 15.8. The lowest BCUT2D eigenvalue weighted by molar-refractivity contribution is 0.0290. The predicted octanol–water partition coefficient (Wildman–Crippen LogP) is 2.80. The van der Waals surface area contributed by atoms with Crippen LogP contribution in [0.25, 0.3) is 0 Å². The molecule has 0 unspecified atom stereocenters. The van der Waals surface area contributed by atoms with Crippen LogP contribution in [0.3, 0.4) is 0 Å². The minimum atomic E-state index is -0.522. The van der Waals surface area contributed by atoms with Crippen LogP contribution in [0, 0.1) is 12.7 Å². The Labute approximate surface area is 125 Å². The maximum Gasteiger partial charge on any atom is 0.410 e. The highest BCUT2D eigenvalue weighted by molar-refractivity contribution is 5.69. The molecule has 0 aromatic heterocycles. The van der Waals surface area contributed by atoms with E-state index in [0.29, 0.717) is 18.7 Å². The molecule has 1 saturated heterocycles. The number of nitrogens with zero attached hydrogens (tertiary/aromatic N) is 1. The molecule has 0 saturated carbocycles. The number of amides is 1. The van der Waals surface area contributed by atoms with Crippen LogP contribution >= 0.6 is 0 Å². The number of hydrogen-bond donors (Lipinski definition) is 1. The molecule has 1 heterocycles. The van der Waals surface area contributed by atoms with Gasteiger partial charge in [-0.15, -0.1) is 0 Å². The van der Waals surface area contributed by atoms with E-state index >= 15 is 0 Å². The van der Waals surface area contributed by atoms with Crippen LogP contribution in [0.5, 0.6) is 0 Å². The lowest BCUT2D eigenvalue weighted by Gasteiger charge is -2.24. The molecule has 116 valence electrons. The average molecular weight is 294 g/mol. The van der Waals surface area contributed by atoms with Gasteiger partial charge in [-0.2, -0.15) is 0 Å². The number of rotatable bonds is 1. The van der Waals surface area contributed by atoms with Gasteiger partial charge >= 0.3 is 6.09 Å². The predicted molar refractivity (Wildman–Crippen MR) is 79.7 cm³/mol. The summed E-state index contributed by atoms with van der Waals surface area (Å²) in [6.07, 6.45) is -0.348. The molecule has 1 amide bonds. The highest BCUT2D eigenvalue weighted by Gasteiger charge is 2.36. The molecule has 1 fully saturated rings. The van der Waals surface area contributed by atoms with Gasteiger partial charge in [-0.3, -0.25) is 0 Å². The topological polar surface area (TPSA) is 55.6 Å². The monoisotopic (exact) mass is 294 g/mol. The zero-order chi connectivity index (χ0) is 15.8. The van der Waals surface area contributed by atoms with Crippen LogP contribution in [0.4, 0.5) is 9.18 Å². The van der Waals surface area contributed by atoms with Gasteiger partial charge in [-0.1, -0.05) is 12.1 Å². The molecule has 2 N–H and O–H groups in total. The fraction of sp³-hybridized carbons (Fsp3) is 0.562. The maximum absolute atomic E-state index is 13.4. The van der Waals surface area contributed by atoms with Crippen molar-refractivity contribution in [3.63, 3.8) is 0 Å². The van der Waals surface area contributed by atoms with E-state index in [1.165, 1.54) is 6.07 Å². The van der Waals surface area contributed by atoms with Gasteiger partial charge in [0.25, 0.3) is 0 Å². The Kier molecular flexibility index (Phi) is 4.23. The van der Waals surface area contributed by atoms with Gasteiger partial charge in [0.1, 0.15) is 11.4 Å². The number of carbonyl (C=O) groups excluding carboxylic acids is 1. The second kappa shape index (κ2) is 5.64. The molecule has 1 aliphatic rings. The molecule has 1 aliphatic heterocycles. The summed E-state index contributed by atoms with van der Waals surface area (Å²) in [5, 5.41) is 0. The van der Waals surface area contributed by atoms with Gasteiger partial charge in [-0.25, -0.2) is 9.18 Å². The summed E-state index contributed by atoms with van der Waals surface area (Å²) < 4.78 is 18.7. The van der Waals surface area contributed by atoms with Crippen molar-refractivity contribution in [1.29, 1.82) is 0 Å². The van der Waals surface area contributed by atoms with Gasteiger partial charge in [0, 0.05) is 25.0 Å². The lowest BCUT2D eigenvalue weighted by Crippen LogP contribution is -2.36. The Morgan fingerprint density at radius 3 is 2.62 bits per heavy atom. The van der Waals surface area contributed by atoms with Crippen molar-refractivity contribution in [2.45, 2.75) is 45.3 Å². The van der Waals surface area contributed by atoms with E-state index in [0.717, 1.165) is 5.56 Å². The molecule has 1 aromatic carbocycles. The number of ether oxygens (including phenoxy) is 1.